The summed E-state index contributed by atoms with van der Waals surface area (Å²) in [6, 6.07) is 8.91. The maximum Gasteiger partial charge on any atom is 0.246 e. The van der Waals surface area contributed by atoms with Crippen LogP contribution in [-0.4, -0.2) is 33.2 Å². The molecule has 7 nitrogen and oxygen atoms in total. The molecule has 1 aliphatic heterocycles. The molecule has 7 heteroatoms. The summed E-state index contributed by atoms with van der Waals surface area (Å²) in [6.07, 6.45) is 7.75. The minimum Gasteiger partial charge on any atom is -0.463 e. The van der Waals surface area contributed by atoms with Crippen molar-refractivity contribution in [1.29, 1.82) is 0 Å². The van der Waals surface area contributed by atoms with Gasteiger partial charge in [-0.3, -0.25) is 4.79 Å². The zero-order valence-electron chi connectivity index (χ0n) is 20.1. The van der Waals surface area contributed by atoms with Crippen molar-refractivity contribution < 1.29 is 9.53 Å². The molecular formula is C26H35N5O2. The minimum absolute atomic E-state index is 0.177. The SMILES string of the molecule is CC(C)NC(=O)CCC1CCC(c2ccc(C3=Nc4c(N)ncnc4OC3(C)C)cc2)CC1. The molecule has 2 heterocycles. The van der Waals surface area contributed by atoms with Crippen molar-refractivity contribution in [3.8, 4) is 5.88 Å². The first-order valence-electron chi connectivity index (χ1n) is 12.0. The number of fused-ring (bicyclic) bond motifs is 1. The highest BCUT2D eigenvalue weighted by Crippen LogP contribution is 2.40. The number of aliphatic imine (C=N–C) groups is 1. The average molecular weight is 450 g/mol. The quantitative estimate of drug-likeness (QED) is 0.651. The van der Waals surface area contributed by atoms with Crippen LogP contribution in [0.1, 0.15) is 83.3 Å². The van der Waals surface area contributed by atoms with Crippen LogP contribution in [0.25, 0.3) is 0 Å². The standard InChI is InChI=1S/C26H35N5O2/c1-16(2)30-21(32)14-7-17-5-8-18(9-6-17)19-10-12-20(13-11-19)23-26(3,4)33-25-22(31-23)24(27)28-15-29-25/h10-13,15-18H,5-9,14H2,1-4H3,(H,30,32)(H2,27,28,29). The Hall–Kier alpha value is -2.96. The van der Waals surface area contributed by atoms with Crippen molar-refractivity contribution in [2.45, 2.75) is 83.8 Å². The second-order valence-electron chi connectivity index (χ2n) is 10.1. The largest absolute Gasteiger partial charge is 0.463 e. The maximum atomic E-state index is 11.9. The van der Waals surface area contributed by atoms with Gasteiger partial charge >= 0.3 is 0 Å². The average Bonchev–Trinajstić information content (AvgIpc) is 2.77. The van der Waals surface area contributed by atoms with E-state index in [1.807, 2.05) is 27.7 Å². The topological polar surface area (TPSA) is 102 Å². The van der Waals surface area contributed by atoms with Gasteiger partial charge in [0, 0.05) is 18.0 Å². The van der Waals surface area contributed by atoms with E-state index in [1.54, 1.807) is 0 Å². The smallest absolute Gasteiger partial charge is 0.246 e. The van der Waals surface area contributed by atoms with Gasteiger partial charge in [-0.15, -0.1) is 0 Å². The summed E-state index contributed by atoms with van der Waals surface area (Å²) < 4.78 is 6.10. The Bertz CT molecular complexity index is 1020. The minimum atomic E-state index is -0.616. The predicted molar refractivity (Wildman–Crippen MR) is 131 cm³/mol. The second-order valence-corrected chi connectivity index (χ2v) is 10.1. The van der Waals surface area contributed by atoms with Gasteiger partial charge in [-0.2, -0.15) is 4.98 Å². The Labute approximate surface area is 196 Å². The van der Waals surface area contributed by atoms with Gasteiger partial charge in [-0.25, -0.2) is 9.98 Å². The van der Waals surface area contributed by atoms with Crippen LogP contribution in [0.4, 0.5) is 11.5 Å². The van der Waals surface area contributed by atoms with E-state index in [-0.39, 0.29) is 11.9 Å². The number of nitrogen functional groups attached to an aromatic ring is 1. The number of rotatable bonds is 6. The fourth-order valence-electron chi connectivity index (χ4n) is 4.93. The summed E-state index contributed by atoms with van der Waals surface area (Å²) in [7, 11) is 0. The molecule has 2 aromatic rings. The zero-order valence-corrected chi connectivity index (χ0v) is 20.1. The lowest BCUT2D eigenvalue weighted by molar-refractivity contribution is -0.121. The molecule has 2 aliphatic rings. The van der Waals surface area contributed by atoms with E-state index in [2.05, 4.69) is 39.6 Å². The first-order chi connectivity index (χ1) is 15.7. The van der Waals surface area contributed by atoms with Crippen molar-refractivity contribution in [3.63, 3.8) is 0 Å². The van der Waals surface area contributed by atoms with Crippen molar-refractivity contribution >= 4 is 23.1 Å². The maximum absolute atomic E-state index is 11.9. The molecule has 1 amide bonds. The Morgan fingerprint density at radius 1 is 1.15 bits per heavy atom. The van der Waals surface area contributed by atoms with Crippen LogP contribution in [0.5, 0.6) is 5.88 Å². The van der Waals surface area contributed by atoms with E-state index in [4.69, 9.17) is 15.5 Å². The van der Waals surface area contributed by atoms with Crippen LogP contribution >= 0.6 is 0 Å². The number of hydrogen-bond acceptors (Lipinski definition) is 6. The van der Waals surface area contributed by atoms with Crippen LogP contribution in [0.15, 0.2) is 35.6 Å². The number of benzene rings is 1. The fraction of sp³-hybridized carbons (Fsp3) is 0.538. The molecule has 0 bridgehead atoms. The van der Waals surface area contributed by atoms with Gasteiger partial charge in [0.1, 0.15) is 11.9 Å². The molecule has 0 radical (unpaired) electrons. The van der Waals surface area contributed by atoms with Gasteiger partial charge in [-0.05, 0) is 77.2 Å². The molecule has 176 valence electrons. The molecule has 1 saturated carbocycles. The third-order valence-electron chi connectivity index (χ3n) is 6.69. The first-order valence-corrected chi connectivity index (χ1v) is 12.0. The van der Waals surface area contributed by atoms with E-state index in [9.17, 15) is 4.79 Å². The number of nitrogens with two attached hydrogens (primary N) is 1. The molecule has 33 heavy (non-hydrogen) atoms. The highest BCUT2D eigenvalue weighted by molar-refractivity contribution is 6.09. The monoisotopic (exact) mass is 449 g/mol. The van der Waals surface area contributed by atoms with Crippen molar-refractivity contribution in [2.24, 2.45) is 10.9 Å². The Kier molecular flexibility index (Phi) is 6.68. The highest BCUT2D eigenvalue weighted by Gasteiger charge is 2.35. The molecule has 1 fully saturated rings. The fourth-order valence-corrected chi connectivity index (χ4v) is 4.93. The van der Waals surface area contributed by atoms with Gasteiger partial charge < -0.3 is 15.8 Å². The summed E-state index contributed by atoms with van der Waals surface area (Å²) in [5.74, 6) is 2.15. The van der Waals surface area contributed by atoms with Gasteiger partial charge in [0.15, 0.2) is 11.5 Å². The van der Waals surface area contributed by atoms with Crippen molar-refractivity contribution in [3.05, 3.63) is 41.7 Å². The van der Waals surface area contributed by atoms with Crippen LogP contribution in [0.3, 0.4) is 0 Å². The number of carbonyl (C=O) groups excluding carboxylic acids is 1. The lowest BCUT2D eigenvalue weighted by atomic mass is 9.77. The summed E-state index contributed by atoms with van der Waals surface area (Å²) >= 11 is 0. The van der Waals surface area contributed by atoms with Crippen LogP contribution in [-0.2, 0) is 4.79 Å². The third kappa shape index (κ3) is 5.34. The van der Waals surface area contributed by atoms with Crippen LogP contribution in [0.2, 0.25) is 0 Å². The van der Waals surface area contributed by atoms with Gasteiger partial charge in [0.05, 0.1) is 5.71 Å². The molecule has 1 aromatic heterocycles. The third-order valence-corrected chi connectivity index (χ3v) is 6.69. The zero-order chi connectivity index (χ0) is 23.6. The Morgan fingerprint density at radius 2 is 1.85 bits per heavy atom. The molecule has 1 aromatic carbocycles. The molecule has 4 rings (SSSR count). The summed E-state index contributed by atoms with van der Waals surface area (Å²) in [4.78, 5) is 24.9. The van der Waals surface area contributed by atoms with Gasteiger partial charge in [0.25, 0.3) is 0 Å². The molecule has 0 spiro atoms. The normalized spacial score (nSPS) is 21.7. The lowest BCUT2D eigenvalue weighted by Crippen LogP contribution is -2.41. The van der Waals surface area contributed by atoms with E-state index in [0.29, 0.717) is 35.6 Å². The number of amides is 1. The van der Waals surface area contributed by atoms with Gasteiger partial charge in [0.2, 0.25) is 11.8 Å². The molecule has 3 N–H and O–H groups in total. The summed E-state index contributed by atoms with van der Waals surface area (Å²) in [6.45, 7) is 7.99. The van der Waals surface area contributed by atoms with Crippen LogP contribution in [0, 0.1) is 5.92 Å². The van der Waals surface area contributed by atoms with E-state index < -0.39 is 5.60 Å². The molecule has 0 saturated heterocycles. The molecule has 1 aliphatic carbocycles. The number of hydrogen-bond donors (Lipinski definition) is 2. The van der Waals surface area contributed by atoms with Crippen LogP contribution < -0.4 is 15.8 Å². The Morgan fingerprint density at radius 3 is 2.52 bits per heavy atom. The number of aromatic nitrogens is 2. The van der Waals surface area contributed by atoms with Crippen molar-refractivity contribution in [1.82, 2.24) is 15.3 Å². The van der Waals surface area contributed by atoms with E-state index in [0.717, 1.165) is 17.7 Å². The highest BCUT2D eigenvalue weighted by atomic mass is 16.5. The summed E-state index contributed by atoms with van der Waals surface area (Å²) in [5, 5.41) is 2.99. The Balaban J connectivity index is 1.39. The predicted octanol–water partition coefficient (Wildman–Crippen LogP) is 4.93. The number of anilines is 1. The number of ether oxygens (including phenoxy) is 1. The lowest BCUT2D eigenvalue weighted by Gasteiger charge is -2.32. The molecule has 0 atom stereocenters. The molecule has 0 unspecified atom stereocenters. The number of nitrogens with zero attached hydrogens (tertiary/aromatic N) is 3. The number of nitrogens with one attached hydrogen (secondary N) is 1. The second kappa shape index (κ2) is 9.49. The van der Waals surface area contributed by atoms with E-state index in [1.165, 1.54) is 37.6 Å². The summed E-state index contributed by atoms with van der Waals surface area (Å²) in [5.41, 5.74) is 9.09. The first kappa shape index (κ1) is 23.2. The van der Waals surface area contributed by atoms with E-state index >= 15 is 0 Å². The van der Waals surface area contributed by atoms with Crippen molar-refractivity contribution in [2.75, 3.05) is 5.73 Å². The van der Waals surface area contributed by atoms with Gasteiger partial charge in [-0.1, -0.05) is 24.3 Å². The molecular weight excluding hydrogens is 414 g/mol. The number of carbonyl (C=O) groups is 1.